The van der Waals surface area contributed by atoms with Crippen molar-refractivity contribution < 1.29 is 22.7 Å². The molecular weight excluding hydrogens is 271 g/mol. The maximum Gasteiger partial charge on any atom is 0.311 e. The van der Waals surface area contributed by atoms with Crippen molar-refractivity contribution in [2.45, 2.75) is 18.8 Å². The lowest BCUT2D eigenvalue weighted by molar-refractivity contribution is -0.140. The minimum absolute atomic E-state index is 0.110. The van der Waals surface area contributed by atoms with Crippen LogP contribution in [0.15, 0.2) is 24.3 Å². The summed E-state index contributed by atoms with van der Waals surface area (Å²) in [4.78, 5) is 11.4. The van der Waals surface area contributed by atoms with Gasteiger partial charge in [0.25, 0.3) is 0 Å². The van der Waals surface area contributed by atoms with Crippen LogP contribution in [0.1, 0.15) is 24.3 Å². The molecule has 104 valence electrons. The highest BCUT2D eigenvalue weighted by molar-refractivity contribution is 7.91. The molecular formula is C13H15FO4S. The van der Waals surface area contributed by atoms with Crippen LogP contribution in [0.25, 0.3) is 0 Å². The number of carbonyl (C=O) groups is 1. The van der Waals surface area contributed by atoms with Gasteiger partial charge in [-0.3, -0.25) is 4.79 Å². The second-order valence-corrected chi connectivity index (χ2v) is 7.12. The third-order valence-electron chi connectivity index (χ3n) is 3.44. The normalized spacial score (nSPS) is 23.7. The average molecular weight is 286 g/mol. The fourth-order valence-electron chi connectivity index (χ4n) is 2.64. The summed E-state index contributed by atoms with van der Waals surface area (Å²) in [5.41, 5.74) is 0.328. The van der Waals surface area contributed by atoms with Crippen LogP contribution < -0.4 is 0 Å². The van der Waals surface area contributed by atoms with Crippen LogP contribution in [0.2, 0.25) is 0 Å². The SMILES string of the molecule is O=C(O)C(c1cccc(F)c1)C1CCCS(=O)(=O)C1. The smallest absolute Gasteiger partial charge is 0.311 e. The van der Waals surface area contributed by atoms with E-state index in [1.165, 1.54) is 24.3 Å². The van der Waals surface area contributed by atoms with E-state index < -0.39 is 33.5 Å². The molecule has 1 aromatic carbocycles. The zero-order valence-corrected chi connectivity index (χ0v) is 11.1. The van der Waals surface area contributed by atoms with Crippen LogP contribution in [-0.2, 0) is 14.6 Å². The molecule has 1 fully saturated rings. The van der Waals surface area contributed by atoms with Gasteiger partial charge < -0.3 is 5.11 Å². The highest BCUT2D eigenvalue weighted by atomic mass is 32.2. The summed E-state index contributed by atoms with van der Waals surface area (Å²) in [6, 6.07) is 5.38. The zero-order chi connectivity index (χ0) is 14.0. The molecule has 0 saturated carbocycles. The Morgan fingerprint density at radius 2 is 2.16 bits per heavy atom. The van der Waals surface area contributed by atoms with Crippen molar-refractivity contribution in [1.82, 2.24) is 0 Å². The molecule has 2 rings (SSSR count). The number of carboxylic acid groups (broad SMARTS) is 1. The fourth-order valence-corrected chi connectivity index (χ4v) is 4.42. The largest absolute Gasteiger partial charge is 0.481 e. The lowest BCUT2D eigenvalue weighted by Gasteiger charge is -2.27. The number of benzene rings is 1. The summed E-state index contributed by atoms with van der Waals surface area (Å²) in [5.74, 6) is -3.10. The molecule has 1 heterocycles. The fraction of sp³-hybridized carbons (Fsp3) is 0.462. The van der Waals surface area contributed by atoms with Crippen LogP contribution in [0.4, 0.5) is 4.39 Å². The molecule has 0 bridgehead atoms. The molecule has 1 N–H and O–H groups in total. The first-order chi connectivity index (χ1) is 8.89. The van der Waals surface area contributed by atoms with Crippen molar-refractivity contribution in [1.29, 1.82) is 0 Å². The van der Waals surface area contributed by atoms with E-state index in [0.717, 1.165) is 0 Å². The molecule has 19 heavy (non-hydrogen) atoms. The van der Waals surface area contributed by atoms with E-state index in [4.69, 9.17) is 0 Å². The number of rotatable bonds is 3. The Balaban J connectivity index is 2.33. The first-order valence-corrected chi connectivity index (χ1v) is 7.90. The highest BCUT2D eigenvalue weighted by Crippen LogP contribution is 2.33. The molecule has 1 aliphatic heterocycles. The van der Waals surface area contributed by atoms with Gasteiger partial charge in [0.1, 0.15) is 5.82 Å². The number of hydrogen-bond acceptors (Lipinski definition) is 3. The Kier molecular flexibility index (Phi) is 3.89. The van der Waals surface area contributed by atoms with Gasteiger partial charge in [-0.25, -0.2) is 12.8 Å². The van der Waals surface area contributed by atoms with E-state index in [-0.39, 0.29) is 11.5 Å². The molecule has 1 saturated heterocycles. The summed E-state index contributed by atoms with van der Waals surface area (Å²) in [7, 11) is -3.19. The topological polar surface area (TPSA) is 71.4 Å². The summed E-state index contributed by atoms with van der Waals surface area (Å²) >= 11 is 0. The van der Waals surface area contributed by atoms with Gasteiger partial charge in [0, 0.05) is 0 Å². The Labute approximate surface area is 111 Å². The lowest BCUT2D eigenvalue weighted by Crippen LogP contribution is -2.32. The Hall–Kier alpha value is -1.43. The predicted octanol–water partition coefficient (Wildman–Crippen LogP) is 1.82. The van der Waals surface area contributed by atoms with Crippen LogP contribution in [-0.4, -0.2) is 31.0 Å². The van der Waals surface area contributed by atoms with Gasteiger partial charge in [-0.2, -0.15) is 0 Å². The van der Waals surface area contributed by atoms with Gasteiger partial charge in [0.05, 0.1) is 17.4 Å². The molecule has 2 unspecified atom stereocenters. The van der Waals surface area contributed by atoms with Crippen molar-refractivity contribution in [3.05, 3.63) is 35.6 Å². The van der Waals surface area contributed by atoms with Crippen molar-refractivity contribution in [2.75, 3.05) is 11.5 Å². The molecule has 1 aliphatic rings. The third kappa shape index (κ3) is 3.32. The van der Waals surface area contributed by atoms with Crippen LogP contribution in [0, 0.1) is 11.7 Å². The van der Waals surface area contributed by atoms with Crippen LogP contribution in [0.5, 0.6) is 0 Å². The summed E-state index contributed by atoms with van der Waals surface area (Å²) in [5, 5.41) is 9.32. The minimum atomic E-state index is -3.19. The predicted molar refractivity (Wildman–Crippen MR) is 68.2 cm³/mol. The van der Waals surface area contributed by atoms with E-state index in [2.05, 4.69) is 0 Å². The zero-order valence-electron chi connectivity index (χ0n) is 10.3. The van der Waals surface area contributed by atoms with Gasteiger partial charge in [-0.1, -0.05) is 12.1 Å². The molecule has 6 heteroatoms. The lowest BCUT2D eigenvalue weighted by atomic mass is 9.84. The van der Waals surface area contributed by atoms with E-state index in [1.54, 1.807) is 0 Å². The first kappa shape index (κ1) is 14.0. The first-order valence-electron chi connectivity index (χ1n) is 6.08. The quantitative estimate of drug-likeness (QED) is 0.920. The van der Waals surface area contributed by atoms with E-state index in [1.807, 2.05) is 0 Å². The number of hydrogen-bond donors (Lipinski definition) is 1. The second kappa shape index (κ2) is 5.28. The highest BCUT2D eigenvalue weighted by Gasteiger charge is 2.35. The van der Waals surface area contributed by atoms with Crippen molar-refractivity contribution in [3.63, 3.8) is 0 Å². The van der Waals surface area contributed by atoms with Gasteiger partial charge >= 0.3 is 5.97 Å². The van der Waals surface area contributed by atoms with Crippen molar-refractivity contribution in [2.24, 2.45) is 5.92 Å². The maximum atomic E-state index is 13.2. The van der Waals surface area contributed by atoms with E-state index in [9.17, 15) is 22.7 Å². The van der Waals surface area contributed by atoms with Crippen LogP contribution in [0.3, 0.4) is 0 Å². The van der Waals surface area contributed by atoms with E-state index in [0.29, 0.717) is 18.4 Å². The molecule has 0 aromatic heterocycles. The molecule has 0 spiro atoms. The Morgan fingerprint density at radius 3 is 2.74 bits per heavy atom. The Bertz CT molecular complexity index is 582. The van der Waals surface area contributed by atoms with E-state index >= 15 is 0 Å². The minimum Gasteiger partial charge on any atom is -0.481 e. The number of aliphatic carboxylic acids is 1. The standard InChI is InChI=1S/C13H15FO4S/c14-11-5-1-3-9(7-11)12(13(15)16)10-4-2-6-19(17,18)8-10/h1,3,5,7,10,12H,2,4,6,8H2,(H,15,16). The molecule has 1 aromatic rings. The van der Waals surface area contributed by atoms with Gasteiger partial charge in [-0.05, 0) is 36.5 Å². The average Bonchev–Trinajstić information content (AvgIpc) is 2.27. The molecule has 0 aliphatic carbocycles. The maximum absolute atomic E-state index is 13.2. The molecule has 0 amide bonds. The third-order valence-corrected chi connectivity index (χ3v) is 5.29. The Morgan fingerprint density at radius 1 is 1.42 bits per heavy atom. The summed E-state index contributed by atoms with van der Waals surface area (Å²) in [6.07, 6.45) is 0.999. The number of carboxylic acids is 1. The monoisotopic (exact) mass is 286 g/mol. The summed E-state index contributed by atoms with van der Waals surface area (Å²) in [6.45, 7) is 0. The molecule has 0 radical (unpaired) electrons. The molecule has 2 atom stereocenters. The van der Waals surface area contributed by atoms with Gasteiger partial charge in [0.2, 0.25) is 0 Å². The van der Waals surface area contributed by atoms with Crippen molar-refractivity contribution >= 4 is 15.8 Å². The second-order valence-electron chi connectivity index (χ2n) is 4.89. The number of halogens is 1. The van der Waals surface area contributed by atoms with Gasteiger partial charge in [-0.15, -0.1) is 0 Å². The summed E-state index contributed by atoms with van der Waals surface area (Å²) < 4.78 is 36.4. The van der Waals surface area contributed by atoms with Crippen molar-refractivity contribution in [3.8, 4) is 0 Å². The van der Waals surface area contributed by atoms with Crippen LogP contribution >= 0.6 is 0 Å². The van der Waals surface area contributed by atoms with Gasteiger partial charge in [0.15, 0.2) is 9.84 Å². The molecule has 4 nitrogen and oxygen atoms in total. The number of sulfone groups is 1.